The smallest absolute Gasteiger partial charge is 0.420 e. The number of carbonyl (C=O) groups excluding carboxylic acids is 3. The fraction of sp³-hybridized carbons (Fsp3) is 0.176. The Bertz CT molecular complexity index is 963. The van der Waals surface area contributed by atoms with E-state index in [-0.39, 0.29) is 18.1 Å². The molecule has 0 aliphatic heterocycles. The predicted octanol–water partition coefficient (Wildman–Crippen LogP) is -0.206. The van der Waals surface area contributed by atoms with Crippen molar-refractivity contribution in [1.82, 2.24) is 15.0 Å². The number of nitrogens with zero attached hydrogens (tertiary/aromatic N) is 1. The van der Waals surface area contributed by atoms with Crippen LogP contribution in [0.25, 0.3) is 0 Å². The molecule has 154 valence electrons. The van der Waals surface area contributed by atoms with E-state index in [1.54, 1.807) is 30.3 Å². The second-order valence-electron chi connectivity index (χ2n) is 5.44. The van der Waals surface area contributed by atoms with Crippen LogP contribution in [0.1, 0.15) is 10.4 Å². The van der Waals surface area contributed by atoms with Crippen LogP contribution in [0.4, 0.5) is 4.79 Å². The minimum Gasteiger partial charge on any atom is -0.492 e. The van der Waals surface area contributed by atoms with Gasteiger partial charge in [0, 0.05) is 12.3 Å². The molecule has 1 heterocycles. The highest BCUT2D eigenvalue weighted by molar-refractivity contribution is 7.90. The van der Waals surface area contributed by atoms with Crippen LogP contribution in [0, 0.1) is 0 Å². The lowest BCUT2D eigenvalue weighted by atomic mass is 10.3. The van der Waals surface area contributed by atoms with Gasteiger partial charge in [-0.2, -0.15) is 0 Å². The van der Waals surface area contributed by atoms with Crippen LogP contribution in [0.2, 0.25) is 0 Å². The van der Waals surface area contributed by atoms with Gasteiger partial charge in [0.1, 0.15) is 18.1 Å². The third kappa shape index (κ3) is 7.56. The number of pyridine rings is 1. The Hall–Kier alpha value is -3.51. The van der Waals surface area contributed by atoms with Gasteiger partial charge >= 0.3 is 6.09 Å². The molecule has 2 aromatic rings. The van der Waals surface area contributed by atoms with Crippen LogP contribution in [-0.2, 0) is 14.8 Å². The Morgan fingerprint density at radius 3 is 2.41 bits per heavy atom. The average molecular weight is 422 g/mol. The van der Waals surface area contributed by atoms with E-state index in [1.165, 1.54) is 6.07 Å². The Labute approximate surface area is 166 Å². The fourth-order valence-electron chi connectivity index (χ4n) is 1.90. The van der Waals surface area contributed by atoms with Crippen LogP contribution in [0.5, 0.6) is 11.6 Å². The van der Waals surface area contributed by atoms with Gasteiger partial charge in [0.25, 0.3) is 5.91 Å². The molecule has 1 aromatic heterocycles. The molecule has 0 fully saturated rings. The Kier molecular flexibility index (Phi) is 7.62. The quantitative estimate of drug-likeness (QED) is 0.521. The Morgan fingerprint density at radius 1 is 1.07 bits per heavy atom. The highest BCUT2D eigenvalue weighted by Crippen LogP contribution is 2.09. The molecule has 2 rings (SSSR count). The van der Waals surface area contributed by atoms with E-state index in [1.807, 2.05) is 10.0 Å². The molecule has 4 N–H and O–H groups in total. The minimum atomic E-state index is -3.94. The first-order valence-electron chi connectivity index (χ1n) is 8.19. The summed E-state index contributed by atoms with van der Waals surface area (Å²) in [5, 5.41) is 1.84. The van der Waals surface area contributed by atoms with Gasteiger partial charge in [0.15, 0.2) is 0 Å². The maximum Gasteiger partial charge on any atom is 0.420 e. The van der Waals surface area contributed by atoms with Gasteiger partial charge in [0.05, 0.1) is 12.1 Å². The van der Waals surface area contributed by atoms with Gasteiger partial charge in [0.2, 0.25) is 21.8 Å². The largest absolute Gasteiger partial charge is 0.492 e. The van der Waals surface area contributed by atoms with Crippen LogP contribution < -0.4 is 25.2 Å². The molecule has 0 spiro atoms. The van der Waals surface area contributed by atoms with E-state index in [2.05, 4.69) is 4.98 Å². The van der Waals surface area contributed by atoms with E-state index in [0.29, 0.717) is 5.75 Å². The van der Waals surface area contributed by atoms with Gasteiger partial charge in [-0.25, -0.2) is 22.9 Å². The number of para-hydroxylation sites is 1. The van der Waals surface area contributed by atoms with E-state index < -0.39 is 40.2 Å². The van der Waals surface area contributed by atoms with Crippen LogP contribution >= 0.6 is 0 Å². The number of carbonyl (C=O) groups is 3. The van der Waals surface area contributed by atoms with Crippen LogP contribution in [-0.4, -0.2) is 50.2 Å². The van der Waals surface area contributed by atoms with Crippen molar-refractivity contribution in [3.05, 3.63) is 54.2 Å². The van der Waals surface area contributed by atoms with Crippen molar-refractivity contribution in [3.8, 4) is 11.6 Å². The lowest BCUT2D eigenvalue weighted by Gasteiger charge is -2.09. The molecule has 1 aromatic carbocycles. The number of aromatic nitrogens is 1. The zero-order chi connectivity index (χ0) is 21.3. The molecule has 11 nitrogen and oxygen atoms in total. The first-order valence-corrected chi connectivity index (χ1v) is 9.85. The first-order chi connectivity index (χ1) is 13.8. The minimum absolute atomic E-state index is 0.0802. The lowest BCUT2D eigenvalue weighted by Crippen LogP contribution is -2.37. The van der Waals surface area contributed by atoms with Crippen molar-refractivity contribution in [3.63, 3.8) is 0 Å². The number of sulfonamides is 1. The van der Waals surface area contributed by atoms with Crippen molar-refractivity contribution >= 4 is 27.9 Å². The molecular formula is C17H18N4O7S. The molecule has 0 bridgehead atoms. The number of rotatable bonds is 8. The van der Waals surface area contributed by atoms with Crippen molar-refractivity contribution < 1.29 is 32.3 Å². The van der Waals surface area contributed by atoms with Gasteiger partial charge in [-0.1, -0.05) is 18.2 Å². The number of hydrogen-bond acceptors (Lipinski definition) is 9. The molecule has 0 saturated carbocycles. The van der Waals surface area contributed by atoms with E-state index >= 15 is 0 Å². The summed E-state index contributed by atoms with van der Waals surface area (Å²) >= 11 is 0. The van der Waals surface area contributed by atoms with Gasteiger partial charge < -0.3 is 15.2 Å². The lowest BCUT2D eigenvalue weighted by molar-refractivity contribution is -0.118. The molecule has 0 saturated heterocycles. The number of benzene rings is 1. The van der Waals surface area contributed by atoms with Crippen molar-refractivity contribution in [2.75, 3.05) is 18.9 Å². The number of hydrogen-bond donors (Lipinski definition) is 3. The second kappa shape index (κ2) is 10.1. The molecule has 29 heavy (non-hydrogen) atoms. The summed E-state index contributed by atoms with van der Waals surface area (Å²) in [6, 6.07) is 11.0. The molecule has 0 unspecified atom stereocenters. The summed E-state index contributed by atoms with van der Waals surface area (Å²) in [5.41, 5.74) is 4.96. The van der Waals surface area contributed by atoms with E-state index in [4.69, 9.17) is 15.2 Å². The molecule has 3 amide bonds. The predicted molar refractivity (Wildman–Crippen MR) is 101 cm³/mol. The number of nitrogens with two attached hydrogens (primary N) is 1. The highest BCUT2D eigenvalue weighted by Gasteiger charge is 2.17. The highest BCUT2D eigenvalue weighted by atomic mass is 32.2. The van der Waals surface area contributed by atoms with Crippen molar-refractivity contribution in [1.29, 1.82) is 0 Å². The first kappa shape index (κ1) is 21.8. The number of nitrogens with one attached hydrogen (secondary N) is 2. The van der Waals surface area contributed by atoms with Crippen molar-refractivity contribution in [2.45, 2.75) is 0 Å². The monoisotopic (exact) mass is 422 g/mol. The summed E-state index contributed by atoms with van der Waals surface area (Å²) in [6.45, 7) is -0.541. The summed E-state index contributed by atoms with van der Waals surface area (Å²) in [6.07, 6.45) is -0.0789. The van der Waals surface area contributed by atoms with E-state index in [0.717, 1.165) is 12.3 Å². The maximum atomic E-state index is 12.1. The van der Waals surface area contributed by atoms with Crippen LogP contribution in [0.15, 0.2) is 48.7 Å². The number of amides is 3. The van der Waals surface area contributed by atoms with E-state index in [9.17, 15) is 22.8 Å². The average Bonchev–Trinajstić information content (AvgIpc) is 2.68. The molecule has 0 aliphatic rings. The molecule has 0 atom stereocenters. The summed E-state index contributed by atoms with van der Waals surface area (Å²) in [4.78, 5) is 38.1. The zero-order valence-electron chi connectivity index (χ0n) is 15.0. The summed E-state index contributed by atoms with van der Waals surface area (Å²) < 4.78 is 35.9. The van der Waals surface area contributed by atoms with Gasteiger partial charge in [-0.3, -0.25) is 14.9 Å². The third-order valence-corrected chi connectivity index (χ3v) is 4.44. The summed E-state index contributed by atoms with van der Waals surface area (Å²) in [7, 11) is -3.94. The SMILES string of the molecule is NCC(=O)NC(=O)Oc1ccc(C(=O)NS(=O)(=O)CCOc2ccccc2)cn1. The summed E-state index contributed by atoms with van der Waals surface area (Å²) in [5.74, 6) is -1.79. The zero-order valence-corrected chi connectivity index (χ0v) is 15.8. The normalized spacial score (nSPS) is 10.7. The molecule has 0 radical (unpaired) electrons. The van der Waals surface area contributed by atoms with Crippen molar-refractivity contribution in [2.24, 2.45) is 5.73 Å². The molecule has 12 heteroatoms. The Balaban J connectivity index is 1.86. The molecular weight excluding hydrogens is 404 g/mol. The maximum absolute atomic E-state index is 12.1. The van der Waals surface area contributed by atoms with Gasteiger partial charge in [-0.15, -0.1) is 0 Å². The molecule has 0 aliphatic carbocycles. The standard InChI is InChI=1S/C17H18N4O7S/c18-10-14(22)20-17(24)28-15-7-6-12(11-19-15)16(23)21-29(25,26)9-8-27-13-4-2-1-3-5-13/h1-7,11H,8-10,18H2,(H,21,23)(H,20,22,24). The number of ether oxygens (including phenoxy) is 2. The fourth-order valence-corrected chi connectivity index (χ4v) is 2.70. The third-order valence-electron chi connectivity index (χ3n) is 3.23. The second-order valence-corrected chi connectivity index (χ2v) is 7.28. The van der Waals surface area contributed by atoms with Gasteiger partial charge in [-0.05, 0) is 18.2 Å². The Morgan fingerprint density at radius 2 is 1.79 bits per heavy atom. The topological polar surface area (TPSA) is 167 Å². The number of imide groups is 1. The van der Waals surface area contributed by atoms with Crippen LogP contribution in [0.3, 0.4) is 0 Å².